The van der Waals surface area contributed by atoms with Crippen LogP contribution in [0.5, 0.6) is 0 Å². The van der Waals surface area contributed by atoms with Crippen molar-refractivity contribution in [1.82, 2.24) is 4.98 Å². The molecule has 0 spiro atoms. The summed E-state index contributed by atoms with van der Waals surface area (Å²) in [6.07, 6.45) is 1.84. The molecule has 0 aliphatic rings. The maximum Gasteiger partial charge on any atom is 0.0702 e. The molecule has 0 amide bonds. The molecule has 0 fully saturated rings. The zero-order valence-corrected chi connectivity index (χ0v) is 11.0. The van der Waals surface area contributed by atoms with E-state index in [1.165, 1.54) is 25.7 Å². The Morgan fingerprint density at radius 1 is 0.737 bits per heavy atom. The van der Waals surface area contributed by atoms with E-state index in [1.807, 2.05) is 29.7 Å². The summed E-state index contributed by atoms with van der Waals surface area (Å²) < 4.78 is 2.68. The van der Waals surface area contributed by atoms with Crippen molar-refractivity contribution in [2.24, 2.45) is 0 Å². The van der Waals surface area contributed by atoms with E-state index in [4.69, 9.17) is 0 Å². The summed E-state index contributed by atoms with van der Waals surface area (Å²) in [5.41, 5.74) is 2.20. The normalized spacial score (nSPS) is 11.2. The van der Waals surface area contributed by atoms with Crippen LogP contribution in [0.25, 0.3) is 31.4 Å². The fourth-order valence-electron chi connectivity index (χ4n) is 2.42. The highest BCUT2D eigenvalue weighted by molar-refractivity contribution is 7.25. The Morgan fingerprint density at radius 2 is 1.58 bits per heavy atom. The van der Waals surface area contributed by atoms with Gasteiger partial charge in [-0.1, -0.05) is 30.3 Å². The lowest BCUT2D eigenvalue weighted by Gasteiger charge is -2.00. The minimum atomic E-state index is 1.03. The minimum Gasteiger partial charge on any atom is -0.256 e. The van der Waals surface area contributed by atoms with Gasteiger partial charge in [0, 0.05) is 31.9 Å². The second-order valence-corrected chi connectivity index (χ2v) is 5.61. The Morgan fingerprint density at radius 3 is 2.47 bits per heavy atom. The first-order valence-corrected chi connectivity index (χ1v) is 7.06. The fourth-order valence-corrected chi connectivity index (χ4v) is 3.51. The summed E-state index contributed by atoms with van der Waals surface area (Å²) in [6.45, 7) is 0. The molecule has 0 N–H and O–H groups in total. The van der Waals surface area contributed by atoms with Crippen molar-refractivity contribution in [3.8, 4) is 11.3 Å². The minimum absolute atomic E-state index is 1.03. The highest BCUT2D eigenvalue weighted by Crippen LogP contribution is 2.35. The molecule has 2 aromatic carbocycles. The van der Waals surface area contributed by atoms with Crippen molar-refractivity contribution in [1.29, 1.82) is 0 Å². The largest absolute Gasteiger partial charge is 0.256 e. The molecule has 4 rings (SSSR count). The maximum atomic E-state index is 4.42. The summed E-state index contributed by atoms with van der Waals surface area (Å²) >= 11 is 1.85. The van der Waals surface area contributed by atoms with Crippen LogP contribution in [0.3, 0.4) is 0 Å². The highest BCUT2D eigenvalue weighted by atomic mass is 32.1. The number of benzene rings is 2. The maximum absolute atomic E-state index is 4.42. The van der Waals surface area contributed by atoms with E-state index in [9.17, 15) is 0 Å². The first-order chi connectivity index (χ1) is 9.42. The van der Waals surface area contributed by atoms with Crippen LogP contribution in [0.15, 0.2) is 66.9 Å². The molecule has 2 aromatic heterocycles. The summed E-state index contributed by atoms with van der Waals surface area (Å²) in [4.78, 5) is 4.42. The Balaban J connectivity index is 2.03. The van der Waals surface area contributed by atoms with Crippen LogP contribution >= 0.6 is 11.3 Å². The van der Waals surface area contributed by atoms with Gasteiger partial charge in [-0.3, -0.25) is 4.98 Å². The molecule has 0 aliphatic carbocycles. The number of pyridine rings is 1. The molecule has 19 heavy (non-hydrogen) atoms. The molecular weight excluding hydrogens is 250 g/mol. The molecule has 0 bridgehead atoms. The van der Waals surface area contributed by atoms with Crippen LogP contribution in [-0.4, -0.2) is 4.98 Å². The summed E-state index contributed by atoms with van der Waals surface area (Å²) in [5.74, 6) is 0. The van der Waals surface area contributed by atoms with Gasteiger partial charge >= 0.3 is 0 Å². The van der Waals surface area contributed by atoms with Crippen LogP contribution in [0.2, 0.25) is 0 Å². The third kappa shape index (κ3) is 1.72. The van der Waals surface area contributed by atoms with Gasteiger partial charge in [0.2, 0.25) is 0 Å². The molecule has 0 aliphatic heterocycles. The van der Waals surface area contributed by atoms with Gasteiger partial charge in [0.05, 0.1) is 5.69 Å². The third-order valence-electron chi connectivity index (χ3n) is 3.34. The lowest BCUT2D eigenvalue weighted by Crippen LogP contribution is -1.80. The van der Waals surface area contributed by atoms with Crippen molar-refractivity contribution in [3.63, 3.8) is 0 Å². The van der Waals surface area contributed by atoms with Gasteiger partial charge in [0.15, 0.2) is 0 Å². The Labute approximate surface area is 115 Å². The van der Waals surface area contributed by atoms with Crippen molar-refractivity contribution in [2.45, 2.75) is 0 Å². The second kappa shape index (κ2) is 4.18. The van der Waals surface area contributed by atoms with E-state index in [2.05, 4.69) is 53.5 Å². The van der Waals surface area contributed by atoms with E-state index >= 15 is 0 Å². The molecule has 1 nitrogen and oxygen atoms in total. The molecule has 4 aromatic rings. The smallest absolute Gasteiger partial charge is 0.0702 e. The SMILES string of the molecule is c1ccc(-c2ccc3sc4ccccc4c3c2)nc1. The first-order valence-electron chi connectivity index (χ1n) is 6.24. The van der Waals surface area contributed by atoms with Gasteiger partial charge in [0.25, 0.3) is 0 Å². The van der Waals surface area contributed by atoms with Gasteiger partial charge < -0.3 is 0 Å². The Kier molecular flexibility index (Phi) is 2.35. The zero-order valence-electron chi connectivity index (χ0n) is 10.2. The molecule has 0 radical (unpaired) electrons. The van der Waals surface area contributed by atoms with E-state index < -0.39 is 0 Å². The topological polar surface area (TPSA) is 12.9 Å². The summed E-state index contributed by atoms with van der Waals surface area (Å²) in [6, 6.07) is 21.2. The molecule has 2 heteroatoms. The van der Waals surface area contributed by atoms with Crippen LogP contribution in [0, 0.1) is 0 Å². The summed E-state index contributed by atoms with van der Waals surface area (Å²) in [5, 5.41) is 2.66. The van der Waals surface area contributed by atoms with Crippen LogP contribution in [-0.2, 0) is 0 Å². The van der Waals surface area contributed by atoms with Gasteiger partial charge in [-0.05, 0) is 30.3 Å². The second-order valence-electron chi connectivity index (χ2n) is 4.52. The van der Waals surface area contributed by atoms with Crippen molar-refractivity contribution in [2.75, 3.05) is 0 Å². The molecule has 2 heterocycles. The quantitative estimate of drug-likeness (QED) is 0.463. The number of rotatable bonds is 1. The van der Waals surface area contributed by atoms with Gasteiger partial charge in [-0.15, -0.1) is 11.3 Å². The van der Waals surface area contributed by atoms with Gasteiger partial charge in [-0.25, -0.2) is 0 Å². The van der Waals surface area contributed by atoms with Crippen molar-refractivity contribution >= 4 is 31.5 Å². The average Bonchev–Trinajstić information content (AvgIpc) is 2.86. The number of thiophene rings is 1. The zero-order chi connectivity index (χ0) is 12.7. The third-order valence-corrected chi connectivity index (χ3v) is 4.49. The molecular formula is C17H11NS. The molecule has 90 valence electrons. The lowest BCUT2D eigenvalue weighted by molar-refractivity contribution is 1.33. The number of nitrogens with zero attached hydrogens (tertiary/aromatic N) is 1. The van der Waals surface area contributed by atoms with Crippen molar-refractivity contribution < 1.29 is 0 Å². The van der Waals surface area contributed by atoms with E-state index in [1.54, 1.807) is 0 Å². The number of aromatic nitrogens is 1. The van der Waals surface area contributed by atoms with E-state index in [0.717, 1.165) is 5.69 Å². The van der Waals surface area contributed by atoms with Crippen LogP contribution in [0.1, 0.15) is 0 Å². The monoisotopic (exact) mass is 261 g/mol. The Bertz CT molecular complexity index is 862. The first kappa shape index (κ1) is 10.7. The van der Waals surface area contributed by atoms with E-state index in [0.29, 0.717) is 0 Å². The molecule has 0 saturated heterocycles. The molecule has 0 saturated carbocycles. The standard InChI is InChI=1S/C17H11NS/c1-2-7-16-13(5-1)14-11-12(8-9-17(14)19-16)15-6-3-4-10-18-15/h1-11H. The number of fused-ring (bicyclic) bond motifs is 3. The van der Waals surface area contributed by atoms with Crippen LogP contribution < -0.4 is 0 Å². The number of hydrogen-bond acceptors (Lipinski definition) is 2. The lowest BCUT2D eigenvalue weighted by atomic mass is 10.1. The van der Waals surface area contributed by atoms with Crippen LogP contribution in [0.4, 0.5) is 0 Å². The predicted molar refractivity (Wildman–Crippen MR) is 82.6 cm³/mol. The summed E-state index contributed by atoms with van der Waals surface area (Å²) in [7, 11) is 0. The molecule has 0 unspecified atom stereocenters. The van der Waals surface area contributed by atoms with Gasteiger partial charge in [0.1, 0.15) is 0 Å². The predicted octanol–water partition coefficient (Wildman–Crippen LogP) is 5.12. The van der Waals surface area contributed by atoms with Gasteiger partial charge in [-0.2, -0.15) is 0 Å². The molecule has 0 atom stereocenters. The Hall–Kier alpha value is -2.19. The number of hydrogen-bond donors (Lipinski definition) is 0. The van der Waals surface area contributed by atoms with E-state index in [-0.39, 0.29) is 0 Å². The van der Waals surface area contributed by atoms with Crippen molar-refractivity contribution in [3.05, 3.63) is 66.9 Å². The highest BCUT2D eigenvalue weighted by Gasteiger charge is 2.06. The fraction of sp³-hybridized carbons (Fsp3) is 0. The average molecular weight is 261 g/mol.